The van der Waals surface area contributed by atoms with Crippen LogP contribution in [-0.4, -0.2) is 21.5 Å². The topological polar surface area (TPSA) is 82.3 Å². The van der Waals surface area contributed by atoms with E-state index in [0.29, 0.717) is 0 Å². The number of carbonyl (C=O) groups is 1. The molecule has 1 rings (SSSR count). The lowest BCUT2D eigenvalue weighted by Crippen LogP contribution is -2.23. The summed E-state index contributed by atoms with van der Waals surface area (Å²) in [7, 11) is 0. The van der Waals surface area contributed by atoms with Crippen molar-refractivity contribution in [2.45, 2.75) is 12.5 Å². The lowest BCUT2D eigenvalue weighted by Gasteiger charge is -2.15. The molecule has 116 valence electrons. The van der Waals surface area contributed by atoms with Crippen LogP contribution in [0, 0.1) is 10.1 Å². The normalized spacial score (nSPS) is 12.1. The average molecular weight is 339 g/mol. The number of halogens is 7. The van der Waals surface area contributed by atoms with Gasteiger partial charge in [0.15, 0.2) is 5.75 Å². The first kappa shape index (κ1) is 16.9. The Balaban J connectivity index is 3.71. The molecule has 0 fully saturated rings. The molecule has 0 atom stereocenters. The van der Waals surface area contributed by atoms with Crippen LogP contribution < -0.4 is 4.74 Å². The fraction of sp³-hybridized carbons (Fsp3) is 0.250. The largest absolute Gasteiger partial charge is 0.573 e. The van der Waals surface area contributed by atoms with Crippen molar-refractivity contribution in [2.75, 3.05) is 0 Å². The monoisotopic (exact) mass is 338 g/mol. The maximum Gasteiger partial charge on any atom is 0.573 e. The second kappa shape index (κ2) is 5.35. The van der Waals surface area contributed by atoms with Crippen molar-refractivity contribution in [1.82, 2.24) is 4.98 Å². The molecule has 0 spiro atoms. The molecule has 6 nitrogen and oxygen atoms in total. The van der Waals surface area contributed by atoms with E-state index < -0.39 is 45.5 Å². The number of carbonyl (C=O) groups excluding carboxylic acids is 1. The summed E-state index contributed by atoms with van der Waals surface area (Å²) < 4.78 is 77.4. The van der Waals surface area contributed by atoms with Crippen molar-refractivity contribution >= 4 is 22.7 Å². The molecule has 0 amide bonds. The molecule has 0 saturated carbocycles. The Kier molecular flexibility index (Phi) is 4.32. The van der Waals surface area contributed by atoms with Crippen molar-refractivity contribution in [3.8, 4) is 5.75 Å². The van der Waals surface area contributed by atoms with Gasteiger partial charge < -0.3 is 14.9 Å². The summed E-state index contributed by atoms with van der Waals surface area (Å²) in [5.41, 5.74) is -3.87. The number of nitrogens with zero attached hydrogens (tertiary/aromatic N) is 2. The summed E-state index contributed by atoms with van der Waals surface area (Å²) in [5, 5.41) is 8.52. The van der Waals surface area contributed by atoms with E-state index in [1.807, 2.05) is 0 Å². The van der Waals surface area contributed by atoms with E-state index in [2.05, 4.69) is 9.72 Å². The zero-order valence-electron chi connectivity index (χ0n) is 9.25. The Bertz CT molecular complexity index is 600. The van der Waals surface area contributed by atoms with E-state index in [9.17, 15) is 41.3 Å². The van der Waals surface area contributed by atoms with Crippen LogP contribution in [0.4, 0.5) is 32.2 Å². The first-order valence-electron chi connectivity index (χ1n) is 4.55. The van der Waals surface area contributed by atoms with Gasteiger partial charge in [0.1, 0.15) is 5.56 Å². The summed E-state index contributed by atoms with van der Waals surface area (Å²) in [4.78, 5) is 22.6. The van der Waals surface area contributed by atoms with E-state index in [0.717, 1.165) is 0 Å². The zero-order valence-corrected chi connectivity index (χ0v) is 10.0. The molecule has 0 aromatic carbocycles. The number of pyridine rings is 1. The van der Waals surface area contributed by atoms with Crippen molar-refractivity contribution < 1.29 is 40.8 Å². The number of rotatable bonds is 3. The highest BCUT2D eigenvalue weighted by atomic mass is 35.5. The molecule has 1 heterocycles. The second-order valence-corrected chi connectivity index (χ2v) is 3.63. The smallest absolute Gasteiger partial charge is 0.400 e. The van der Waals surface area contributed by atoms with Crippen LogP contribution in [0.25, 0.3) is 0 Å². The van der Waals surface area contributed by atoms with Gasteiger partial charge in [0, 0.05) is 0 Å². The molecule has 1 aromatic rings. The van der Waals surface area contributed by atoms with Crippen LogP contribution in [0.5, 0.6) is 5.75 Å². The van der Waals surface area contributed by atoms with E-state index in [4.69, 9.17) is 11.6 Å². The number of alkyl halides is 6. The summed E-state index contributed by atoms with van der Waals surface area (Å²) in [5.74, 6) is -3.57. The highest BCUT2D eigenvalue weighted by Crippen LogP contribution is 2.41. The standard InChI is InChI=1S/C8HClF6N2O4/c9-6(18)4-5(21-8(13,14)15)2(7(10,11)12)1-3(16-4)17(19)20/h1H. The summed E-state index contributed by atoms with van der Waals surface area (Å²) in [6.45, 7) is 0. The second-order valence-electron chi connectivity index (χ2n) is 3.28. The van der Waals surface area contributed by atoms with Gasteiger partial charge in [-0.15, -0.1) is 13.2 Å². The molecule has 21 heavy (non-hydrogen) atoms. The zero-order chi connectivity index (χ0) is 16.6. The molecular weight excluding hydrogens is 338 g/mol. The summed E-state index contributed by atoms with van der Waals surface area (Å²) in [6.07, 6.45) is -11.1. The molecule has 13 heteroatoms. The van der Waals surface area contributed by atoms with E-state index in [1.54, 1.807) is 0 Å². The minimum Gasteiger partial charge on any atom is -0.400 e. The minimum absolute atomic E-state index is 0.301. The fourth-order valence-corrected chi connectivity index (χ4v) is 1.30. The highest BCUT2D eigenvalue weighted by molar-refractivity contribution is 6.67. The van der Waals surface area contributed by atoms with Gasteiger partial charge in [0.05, 0.1) is 6.07 Å². The Morgan fingerprint density at radius 2 is 1.81 bits per heavy atom. The Hall–Kier alpha value is -2.11. The lowest BCUT2D eigenvalue weighted by molar-refractivity contribution is -0.389. The van der Waals surface area contributed by atoms with Gasteiger partial charge in [-0.05, 0) is 21.5 Å². The third-order valence-electron chi connectivity index (χ3n) is 1.86. The van der Waals surface area contributed by atoms with Crippen LogP contribution in [0.3, 0.4) is 0 Å². The van der Waals surface area contributed by atoms with E-state index in [-0.39, 0.29) is 6.07 Å². The first-order chi connectivity index (χ1) is 9.33. The Labute approximate surface area is 115 Å². The van der Waals surface area contributed by atoms with Gasteiger partial charge in [0.2, 0.25) is 0 Å². The van der Waals surface area contributed by atoms with Crippen LogP contribution >= 0.6 is 11.6 Å². The maximum atomic E-state index is 12.7. The van der Waals surface area contributed by atoms with Gasteiger partial charge >= 0.3 is 18.4 Å². The molecular formula is C8HClF6N2O4. The first-order valence-corrected chi connectivity index (χ1v) is 4.93. The fourth-order valence-electron chi connectivity index (χ4n) is 1.18. The number of aromatic nitrogens is 1. The van der Waals surface area contributed by atoms with Crippen molar-refractivity contribution in [3.63, 3.8) is 0 Å². The quantitative estimate of drug-likeness (QED) is 0.365. The Morgan fingerprint density at radius 1 is 1.29 bits per heavy atom. The number of nitro groups is 1. The van der Waals surface area contributed by atoms with Crippen LogP contribution in [-0.2, 0) is 6.18 Å². The van der Waals surface area contributed by atoms with Gasteiger partial charge in [-0.3, -0.25) is 4.79 Å². The molecule has 0 N–H and O–H groups in total. The summed E-state index contributed by atoms with van der Waals surface area (Å²) >= 11 is 4.80. The number of hydrogen-bond acceptors (Lipinski definition) is 5. The van der Waals surface area contributed by atoms with Gasteiger partial charge in [0.25, 0.3) is 10.9 Å². The predicted molar refractivity (Wildman–Crippen MR) is 52.8 cm³/mol. The molecule has 0 aliphatic carbocycles. The molecule has 0 saturated heterocycles. The molecule has 0 unspecified atom stereocenters. The van der Waals surface area contributed by atoms with Gasteiger partial charge in [-0.2, -0.15) is 13.2 Å². The van der Waals surface area contributed by atoms with Gasteiger partial charge in [-0.25, -0.2) is 0 Å². The molecule has 0 bridgehead atoms. The molecule has 1 aromatic heterocycles. The lowest BCUT2D eigenvalue weighted by atomic mass is 10.2. The number of ether oxygens (including phenoxy) is 1. The Morgan fingerprint density at radius 3 is 2.14 bits per heavy atom. The van der Waals surface area contributed by atoms with Crippen LogP contribution in [0.15, 0.2) is 6.07 Å². The van der Waals surface area contributed by atoms with Crippen LogP contribution in [0.2, 0.25) is 0 Å². The predicted octanol–water partition coefficient (Wildman–Crippen LogP) is 3.29. The molecule has 0 aliphatic rings. The summed E-state index contributed by atoms with van der Waals surface area (Å²) in [6, 6.07) is -0.301. The van der Waals surface area contributed by atoms with E-state index >= 15 is 0 Å². The highest BCUT2D eigenvalue weighted by Gasteiger charge is 2.45. The average Bonchev–Trinajstić information content (AvgIpc) is 2.24. The van der Waals surface area contributed by atoms with Crippen molar-refractivity contribution in [1.29, 1.82) is 0 Å². The van der Waals surface area contributed by atoms with Crippen molar-refractivity contribution in [3.05, 3.63) is 27.4 Å². The van der Waals surface area contributed by atoms with E-state index in [1.165, 1.54) is 0 Å². The maximum absolute atomic E-state index is 12.7. The third kappa shape index (κ3) is 4.18. The molecule has 0 radical (unpaired) electrons. The van der Waals surface area contributed by atoms with Crippen molar-refractivity contribution in [2.24, 2.45) is 0 Å². The SMILES string of the molecule is O=C(Cl)c1nc([N+](=O)[O-])cc(C(F)(F)F)c1OC(F)(F)F. The van der Waals surface area contributed by atoms with Gasteiger partial charge in [-0.1, -0.05) is 0 Å². The number of hydrogen-bond donors (Lipinski definition) is 0. The minimum atomic E-state index is -5.60. The molecule has 0 aliphatic heterocycles. The third-order valence-corrected chi connectivity index (χ3v) is 2.03. The van der Waals surface area contributed by atoms with Crippen LogP contribution in [0.1, 0.15) is 16.1 Å².